The summed E-state index contributed by atoms with van der Waals surface area (Å²) in [6, 6.07) is 9.88. The highest BCUT2D eigenvalue weighted by Crippen LogP contribution is 2.19. The number of aromatic hydroxyl groups is 1. The molecule has 19 heavy (non-hydrogen) atoms. The van der Waals surface area contributed by atoms with E-state index in [1.54, 1.807) is 36.7 Å². The third-order valence-corrected chi connectivity index (χ3v) is 2.72. The normalized spacial score (nSPS) is 10.5. The van der Waals surface area contributed by atoms with Crippen LogP contribution in [-0.4, -0.2) is 24.9 Å². The van der Waals surface area contributed by atoms with Crippen LogP contribution in [0.5, 0.6) is 5.75 Å². The molecule has 94 valence electrons. The third-order valence-electron chi connectivity index (χ3n) is 2.72. The van der Waals surface area contributed by atoms with Gasteiger partial charge in [0.2, 0.25) is 0 Å². The largest absolute Gasteiger partial charge is 0.508 e. The number of benzene rings is 1. The standard InChI is InChI=1S/C13H10N4O2/c18-11-3-1-10(2-4-11)17-12(15-16-13(17)19)9-5-7-14-8-6-9/h1-8,18H,(H,16,19). The number of pyridine rings is 1. The predicted molar refractivity (Wildman–Crippen MR) is 69.1 cm³/mol. The summed E-state index contributed by atoms with van der Waals surface area (Å²) in [4.78, 5) is 15.8. The molecule has 0 aliphatic rings. The molecule has 6 nitrogen and oxygen atoms in total. The number of phenolic OH excluding ortho intramolecular Hbond substituents is 1. The Hall–Kier alpha value is -2.89. The summed E-state index contributed by atoms with van der Waals surface area (Å²) in [5, 5.41) is 15.7. The van der Waals surface area contributed by atoms with Crippen molar-refractivity contribution in [2.75, 3.05) is 0 Å². The molecule has 0 aliphatic heterocycles. The van der Waals surface area contributed by atoms with E-state index in [1.807, 2.05) is 0 Å². The van der Waals surface area contributed by atoms with Gasteiger partial charge in [-0.05, 0) is 36.4 Å². The number of rotatable bonds is 2. The van der Waals surface area contributed by atoms with E-state index in [-0.39, 0.29) is 11.4 Å². The summed E-state index contributed by atoms with van der Waals surface area (Å²) < 4.78 is 1.44. The maximum atomic E-state index is 11.9. The Kier molecular flexibility index (Phi) is 2.60. The maximum absolute atomic E-state index is 11.9. The number of aromatic amines is 1. The van der Waals surface area contributed by atoms with E-state index >= 15 is 0 Å². The minimum Gasteiger partial charge on any atom is -0.508 e. The lowest BCUT2D eigenvalue weighted by molar-refractivity contribution is 0.475. The summed E-state index contributed by atoms with van der Waals surface area (Å²) >= 11 is 0. The van der Waals surface area contributed by atoms with Gasteiger partial charge in [-0.2, -0.15) is 5.10 Å². The number of aromatic nitrogens is 4. The van der Waals surface area contributed by atoms with Crippen LogP contribution in [0.2, 0.25) is 0 Å². The van der Waals surface area contributed by atoms with E-state index < -0.39 is 0 Å². The molecule has 0 amide bonds. The van der Waals surface area contributed by atoms with Crippen LogP contribution in [0, 0.1) is 0 Å². The fourth-order valence-corrected chi connectivity index (χ4v) is 1.83. The van der Waals surface area contributed by atoms with Crippen molar-refractivity contribution in [2.24, 2.45) is 0 Å². The molecule has 2 heterocycles. The summed E-state index contributed by atoms with van der Waals surface area (Å²) in [5.41, 5.74) is 1.07. The molecule has 0 spiro atoms. The number of nitrogens with zero attached hydrogens (tertiary/aromatic N) is 3. The van der Waals surface area contributed by atoms with Crippen LogP contribution in [0.3, 0.4) is 0 Å². The first-order valence-electron chi connectivity index (χ1n) is 5.63. The second kappa shape index (κ2) is 4.41. The molecule has 3 aromatic rings. The van der Waals surface area contributed by atoms with E-state index in [9.17, 15) is 9.90 Å². The molecule has 0 unspecified atom stereocenters. The summed E-state index contributed by atoms with van der Waals surface area (Å²) in [5.74, 6) is 0.642. The van der Waals surface area contributed by atoms with Crippen molar-refractivity contribution in [3.63, 3.8) is 0 Å². The van der Waals surface area contributed by atoms with Gasteiger partial charge in [0.1, 0.15) is 5.75 Å². The van der Waals surface area contributed by atoms with Crippen molar-refractivity contribution in [3.8, 4) is 22.8 Å². The Morgan fingerprint density at radius 3 is 2.42 bits per heavy atom. The molecule has 0 saturated carbocycles. The van der Waals surface area contributed by atoms with Gasteiger partial charge in [-0.25, -0.2) is 14.5 Å². The van der Waals surface area contributed by atoms with Crippen LogP contribution in [-0.2, 0) is 0 Å². The van der Waals surface area contributed by atoms with Crippen molar-refractivity contribution in [1.82, 2.24) is 19.7 Å². The summed E-state index contributed by atoms with van der Waals surface area (Å²) in [7, 11) is 0. The van der Waals surface area contributed by atoms with Crippen LogP contribution in [0.4, 0.5) is 0 Å². The number of phenols is 1. The zero-order chi connectivity index (χ0) is 13.2. The second-order valence-electron chi connectivity index (χ2n) is 3.94. The monoisotopic (exact) mass is 254 g/mol. The van der Waals surface area contributed by atoms with Gasteiger partial charge in [0, 0.05) is 18.0 Å². The first-order chi connectivity index (χ1) is 9.25. The molecule has 6 heteroatoms. The molecule has 0 fully saturated rings. The Morgan fingerprint density at radius 1 is 1.05 bits per heavy atom. The Bertz CT molecular complexity index is 744. The molecule has 2 N–H and O–H groups in total. The average molecular weight is 254 g/mol. The third kappa shape index (κ3) is 1.99. The number of hydrogen-bond donors (Lipinski definition) is 2. The fraction of sp³-hybridized carbons (Fsp3) is 0. The number of nitrogens with one attached hydrogen (secondary N) is 1. The fourth-order valence-electron chi connectivity index (χ4n) is 1.83. The van der Waals surface area contributed by atoms with Crippen molar-refractivity contribution in [2.45, 2.75) is 0 Å². The summed E-state index contributed by atoms with van der Waals surface area (Å²) in [6.45, 7) is 0. The molecule has 1 aromatic carbocycles. The zero-order valence-electron chi connectivity index (χ0n) is 9.82. The molecule has 0 radical (unpaired) electrons. The van der Waals surface area contributed by atoms with Crippen molar-refractivity contribution in [3.05, 3.63) is 59.3 Å². The van der Waals surface area contributed by atoms with Gasteiger partial charge in [0.05, 0.1) is 5.69 Å². The topological polar surface area (TPSA) is 83.8 Å². The lowest BCUT2D eigenvalue weighted by Crippen LogP contribution is -2.15. The molecule has 2 aromatic heterocycles. The number of H-pyrrole nitrogens is 1. The summed E-state index contributed by atoms with van der Waals surface area (Å²) in [6.07, 6.45) is 3.27. The zero-order valence-corrected chi connectivity index (χ0v) is 9.82. The molecule has 0 aliphatic carbocycles. The van der Waals surface area contributed by atoms with Gasteiger partial charge in [0.15, 0.2) is 5.82 Å². The van der Waals surface area contributed by atoms with Crippen LogP contribution < -0.4 is 5.69 Å². The SMILES string of the molecule is O=c1[nH]nc(-c2ccncc2)n1-c1ccc(O)cc1. The first kappa shape index (κ1) is 11.2. The van der Waals surface area contributed by atoms with E-state index in [4.69, 9.17) is 0 Å². The maximum Gasteiger partial charge on any atom is 0.348 e. The number of hydrogen-bond acceptors (Lipinski definition) is 4. The minimum atomic E-state index is -0.336. The van der Waals surface area contributed by atoms with Crippen LogP contribution in [0.1, 0.15) is 0 Å². The molecular weight excluding hydrogens is 244 g/mol. The van der Waals surface area contributed by atoms with Gasteiger partial charge >= 0.3 is 5.69 Å². The predicted octanol–water partition coefficient (Wildman–Crippen LogP) is 1.33. The smallest absolute Gasteiger partial charge is 0.348 e. The van der Waals surface area contributed by atoms with E-state index in [2.05, 4.69) is 15.2 Å². The van der Waals surface area contributed by atoms with Crippen LogP contribution in [0.15, 0.2) is 53.6 Å². The van der Waals surface area contributed by atoms with Gasteiger partial charge in [-0.1, -0.05) is 0 Å². The van der Waals surface area contributed by atoms with E-state index in [0.29, 0.717) is 11.5 Å². The highest BCUT2D eigenvalue weighted by Gasteiger charge is 2.11. The minimum absolute atomic E-state index is 0.144. The van der Waals surface area contributed by atoms with Gasteiger partial charge in [0.25, 0.3) is 0 Å². The highest BCUT2D eigenvalue weighted by atomic mass is 16.3. The van der Waals surface area contributed by atoms with Gasteiger partial charge < -0.3 is 5.11 Å². The van der Waals surface area contributed by atoms with Gasteiger partial charge in [-0.3, -0.25) is 4.98 Å². The Morgan fingerprint density at radius 2 is 1.74 bits per heavy atom. The van der Waals surface area contributed by atoms with Crippen molar-refractivity contribution in [1.29, 1.82) is 0 Å². The average Bonchev–Trinajstić information content (AvgIpc) is 2.83. The van der Waals surface area contributed by atoms with Gasteiger partial charge in [-0.15, -0.1) is 0 Å². The van der Waals surface area contributed by atoms with Crippen molar-refractivity contribution >= 4 is 0 Å². The molecular formula is C13H10N4O2. The van der Waals surface area contributed by atoms with E-state index in [0.717, 1.165) is 5.56 Å². The van der Waals surface area contributed by atoms with Crippen LogP contribution in [0.25, 0.3) is 17.1 Å². The van der Waals surface area contributed by atoms with Crippen LogP contribution >= 0.6 is 0 Å². The molecule has 3 rings (SSSR count). The van der Waals surface area contributed by atoms with Crippen molar-refractivity contribution < 1.29 is 5.11 Å². The lowest BCUT2D eigenvalue weighted by Gasteiger charge is -2.05. The lowest BCUT2D eigenvalue weighted by atomic mass is 10.2. The Labute approximate surface area is 108 Å². The quantitative estimate of drug-likeness (QED) is 0.722. The first-order valence-corrected chi connectivity index (χ1v) is 5.63. The molecule has 0 atom stereocenters. The Balaban J connectivity index is 2.19. The molecule has 0 bridgehead atoms. The highest BCUT2D eigenvalue weighted by molar-refractivity contribution is 5.57. The second-order valence-corrected chi connectivity index (χ2v) is 3.94. The molecule has 0 saturated heterocycles. The van der Waals surface area contributed by atoms with E-state index in [1.165, 1.54) is 16.7 Å².